The van der Waals surface area contributed by atoms with Gasteiger partial charge in [0.15, 0.2) is 29.4 Å². The van der Waals surface area contributed by atoms with Crippen molar-refractivity contribution < 1.29 is 57.2 Å². The number of aliphatic hydroxyl groups is 1. The highest BCUT2D eigenvalue weighted by Gasteiger charge is 2.80. The van der Waals surface area contributed by atoms with Crippen LogP contribution in [0.3, 0.4) is 0 Å². The summed E-state index contributed by atoms with van der Waals surface area (Å²) in [7, 11) is 0. The first-order valence-electron chi connectivity index (χ1n) is 16.0. The van der Waals surface area contributed by atoms with Crippen LogP contribution < -0.4 is 5.32 Å². The van der Waals surface area contributed by atoms with Crippen LogP contribution in [0.4, 0.5) is 8.78 Å². The van der Waals surface area contributed by atoms with Gasteiger partial charge in [0.25, 0.3) is 5.09 Å². The van der Waals surface area contributed by atoms with Crippen molar-refractivity contribution in [2.75, 3.05) is 19.8 Å². The molecular weight excluding hydrogens is 626 g/mol. The standard InChI is InChI=1S/C32H42F2N2O11/c1-28(2)46-25-14-19-20-13-22(33)21-12-18(37)9-10-29(21,3)31(20,34)23(38)15-30(19,4)32(25,47-28)24(39)17-44-27(41)16-35-26(40)8-6-5-7-11-45-36(42)43/h9-10,12,19-20,22-23,25,38H,5-8,11,13-17H2,1-4H3,(H,35,40)/t19-,20-,22-,23-,25+,29-,30-,31-,32+/m0/s1. The Balaban J connectivity index is 1.28. The quantitative estimate of drug-likeness (QED) is 0.135. The van der Waals surface area contributed by atoms with Gasteiger partial charge in [0.05, 0.1) is 18.8 Å². The Bertz CT molecular complexity index is 1400. The van der Waals surface area contributed by atoms with Crippen LogP contribution in [0.2, 0.25) is 0 Å². The van der Waals surface area contributed by atoms with E-state index in [9.17, 15) is 34.4 Å². The van der Waals surface area contributed by atoms with Crippen molar-refractivity contribution in [3.63, 3.8) is 0 Å². The van der Waals surface area contributed by atoms with Gasteiger partial charge >= 0.3 is 5.97 Å². The molecule has 260 valence electrons. The number of rotatable bonds is 12. The summed E-state index contributed by atoms with van der Waals surface area (Å²) in [6, 6.07) is 0. The maximum absolute atomic E-state index is 17.5. The van der Waals surface area contributed by atoms with Crippen LogP contribution in [0.5, 0.6) is 0 Å². The van der Waals surface area contributed by atoms with Crippen LogP contribution in [0.1, 0.15) is 72.6 Å². The number of hydrogen-bond acceptors (Lipinski definition) is 11. The number of allylic oxidation sites excluding steroid dienone is 4. The molecule has 2 N–H and O–H groups in total. The number of carbonyl (C=O) groups excluding carboxylic acids is 4. The number of halogens is 2. The minimum atomic E-state index is -2.35. The van der Waals surface area contributed by atoms with Gasteiger partial charge in [-0.25, -0.2) is 8.78 Å². The minimum absolute atomic E-state index is 0.00897. The van der Waals surface area contributed by atoms with E-state index in [-0.39, 0.29) is 37.9 Å². The molecule has 1 aliphatic heterocycles. The van der Waals surface area contributed by atoms with Gasteiger partial charge < -0.3 is 29.5 Å². The average molecular weight is 669 g/mol. The second kappa shape index (κ2) is 12.3. The largest absolute Gasteiger partial charge is 0.456 e. The molecule has 1 saturated heterocycles. The molecule has 0 unspecified atom stereocenters. The third-order valence-electron chi connectivity index (χ3n) is 11.1. The van der Waals surface area contributed by atoms with E-state index in [2.05, 4.69) is 10.2 Å². The molecule has 5 rings (SSSR count). The van der Waals surface area contributed by atoms with E-state index in [0.717, 1.165) is 6.08 Å². The van der Waals surface area contributed by atoms with Gasteiger partial charge in [0.1, 0.15) is 12.7 Å². The van der Waals surface area contributed by atoms with Gasteiger partial charge in [-0.3, -0.25) is 19.2 Å². The van der Waals surface area contributed by atoms with Gasteiger partial charge in [-0.1, -0.05) is 19.4 Å². The molecule has 15 heteroatoms. The van der Waals surface area contributed by atoms with Crippen LogP contribution in [0.25, 0.3) is 0 Å². The Morgan fingerprint density at radius 2 is 1.87 bits per heavy atom. The average Bonchev–Trinajstić information content (AvgIpc) is 3.40. The number of Topliss-reactive ketones (excluding diaryl/α,β-unsaturated/α-hetero) is 1. The maximum Gasteiger partial charge on any atom is 0.325 e. The summed E-state index contributed by atoms with van der Waals surface area (Å²) in [5.41, 5.74) is -6.96. The molecule has 0 spiro atoms. The Kier molecular flexibility index (Phi) is 9.16. The van der Waals surface area contributed by atoms with Gasteiger partial charge in [-0.2, -0.15) is 0 Å². The summed E-state index contributed by atoms with van der Waals surface area (Å²) in [5, 5.41) is 23.3. The van der Waals surface area contributed by atoms with Crippen molar-refractivity contribution in [1.29, 1.82) is 0 Å². The molecule has 9 atom stereocenters. The van der Waals surface area contributed by atoms with Crippen LogP contribution in [0, 0.1) is 32.8 Å². The van der Waals surface area contributed by atoms with Gasteiger partial charge in [0.2, 0.25) is 11.7 Å². The lowest BCUT2D eigenvalue weighted by Crippen LogP contribution is -2.71. The molecule has 3 saturated carbocycles. The van der Waals surface area contributed by atoms with Crippen LogP contribution in [0.15, 0.2) is 23.8 Å². The number of aliphatic hydroxyl groups excluding tert-OH is 1. The molecular formula is C32H42F2N2O11. The first-order valence-corrected chi connectivity index (χ1v) is 16.0. The number of ketones is 2. The predicted molar refractivity (Wildman–Crippen MR) is 157 cm³/mol. The lowest BCUT2D eigenvalue weighted by atomic mass is 9.44. The molecule has 0 aromatic rings. The zero-order chi connectivity index (χ0) is 34.6. The predicted octanol–water partition coefficient (Wildman–Crippen LogP) is 2.80. The molecule has 47 heavy (non-hydrogen) atoms. The number of alkyl halides is 2. The summed E-state index contributed by atoms with van der Waals surface area (Å²) in [5.74, 6) is -5.43. The van der Waals surface area contributed by atoms with E-state index in [1.165, 1.54) is 19.1 Å². The van der Waals surface area contributed by atoms with Crippen molar-refractivity contribution in [2.45, 2.75) is 108 Å². The zero-order valence-corrected chi connectivity index (χ0v) is 26.9. The number of fused-ring (bicyclic) bond motifs is 7. The molecule has 4 aliphatic carbocycles. The number of nitrogens with zero attached hydrogens (tertiary/aromatic N) is 1. The lowest BCUT2D eigenvalue weighted by Gasteiger charge is -2.63. The van der Waals surface area contributed by atoms with Crippen LogP contribution >= 0.6 is 0 Å². The van der Waals surface area contributed by atoms with Crippen molar-refractivity contribution in [2.24, 2.45) is 22.7 Å². The van der Waals surface area contributed by atoms with E-state index in [1.807, 2.05) is 0 Å². The Morgan fingerprint density at radius 1 is 1.15 bits per heavy atom. The number of esters is 1. The summed E-state index contributed by atoms with van der Waals surface area (Å²) in [6.07, 6.45) is 0.370. The van der Waals surface area contributed by atoms with Crippen molar-refractivity contribution in [3.05, 3.63) is 33.9 Å². The third kappa shape index (κ3) is 5.67. The Morgan fingerprint density at radius 3 is 2.57 bits per heavy atom. The number of nitrogens with one attached hydrogen (secondary N) is 1. The van der Waals surface area contributed by atoms with Gasteiger partial charge in [-0.15, -0.1) is 10.1 Å². The lowest BCUT2D eigenvalue weighted by molar-refractivity contribution is -0.757. The summed E-state index contributed by atoms with van der Waals surface area (Å²) in [4.78, 5) is 65.2. The fraction of sp³-hybridized carbons (Fsp3) is 0.750. The molecule has 5 aliphatic rings. The number of unbranched alkanes of at least 4 members (excludes halogenated alkanes) is 2. The third-order valence-corrected chi connectivity index (χ3v) is 11.1. The molecule has 13 nitrogen and oxygen atoms in total. The molecule has 4 fully saturated rings. The molecule has 0 aromatic heterocycles. The van der Waals surface area contributed by atoms with Gasteiger partial charge in [-0.05, 0) is 76.5 Å². The van der Waals surface area contributed by atoms with Gasteiger partial charge in [0, 0.05) is 23.2 Å². The second-order valence-corrected chi connectivity index (χ2v) is 14.2. The summed E-state index contributed by atoms with van der Waals surface area (Å²) < 4.78 is 51.1. The minimum Gasteiger partial charge on any atom is -0.456 e. The molecule has 1 amide bonds. The highest BCUT2D eigenvalue weighted by molar-refractivity contribution is 6.01. The van der Waals surface area contributed by atoms with Crippen LogP contribution in [-0.4, -0.2) is 88.8 Å². The SMILES string of the molecule is CC1(C)O[C@@H]2C[C@H]3[C@@H]4C[C@H](F)C5=CC(=O)C=C[C@]5(C)[C@@]4(F)[C@@H](O)C[C@]3(C)[C@]2(C(=O)COC(=O)CNC(=O)CCCCCO[N+](=O)[O-])O1. The fourth-order valence-electron chi connectivity index (χ4n) is 9.07. The fourth-order valence-corrected chi connectivity index (χ4v) is 9.07. The van der Waals surface area contributed by atoms with E-state index >= 15 is 8.78 Å². The number of ether oxygens (including phenoxy) is 3. The van der Waals surface area contributed by atoms with E-state index in [1.54, 1.807) is 20.8 Å². The van der Waals surface area contributed by atoms with E-state index < -0.39 is 99.8 Å². The molecule has 1 heterocycles. The monoisotopic (exact) mass is 668 g/mol. The summed E-state index contributed by atoms with van der Waals surface area (Å²) >= 11 is 0. The first-order chi connectivity index (χ1) is 21.9. The maximum atomic E-state index is 17.5. The Labute approximate surface area is 270 Å². The number of carbonyl (C=O) groups is 4. The van der Waals surface area contributed by atoms with Crippen molar-refractivity contribution in [3.8, 4) is 0 Å². The zero-order valence-electron chi connectivity index (χ0n) is 26.9. The second-order valence-electron chi connectivity index (χ2n) is 14.2. The normalized spacial score (nSPS) is 39.5. The Hall–Kier alpha value is -3.30. The van der Waals surface area contributed by atoms with Crippen molar-refractivity contribution in [1.82, 2.24) is 5.32 Å². The van der Waals surface area contributed by atoms with Crippen molar-refractivity contribution >= 4 is 23.4 Å². The summed E-state index contributed by atoms with van der Waals surface area (Å²) in [6.45, 7) is 5.10. The number of hydrogen-bond donors (Lipinski definition) is 2. The topological polar surface area (TPSA) is 181 Å². The smallest absolute Gasteiger partial charge is 0.325 e. The number of amides is 1. The van der Waals surface area contributed by atoms with E-state index in [0.29, 0.717) is 19.3 Å². The van der Waals surface area contributed by atoms with Crippen LogP contribution in [-0.2, 0) is 38.2 Å². The highest BCUT2D eigenvalue weighted by atomic mass is 19.1. The molecule has 0 radical (unpaired) electrons. The highest BCUT2D eigenvalue weighted by Crippen LogP contribution is 2.72. The molecule has 0 bridgehead atoms. The first kappa shape index (κ1) is 35.0. The van der Waals surface area contributed by atoms with E-state index in [4.69, 9.17) is 14.2 Å². The molecule has 0 aromatic carbocycles.